The normalized spacial score (nSPS) is 10.0. The Morgan fingerprint density at radius 1 is 1.16 bits per heavy atom. The van der Waals surface area contributed by atoms with Gasteiger partial charge in [0.15, 0.2) is 0 Å². The van der Waals surface area contributed by atoms with Gasteiger partial charge in [0, 0.05) is 6.54 Å². The summed E-state index contributed by atoms with van der Waals surface area (Å²) in [4.78, 5) is 4.13. The Kier molecular flexibility index (Phi) is 4.58. The van der Waals surface area contributed by atoms with Crippen molar-refractivity contribution in [1.82, 2.24) is 4.98 Å². The van der Waals surface area contributed by atoms with Crippen molar-refractivity contribution in [2.75, 3.05) is 24.4 Å². The van der Waals surface area contributed by atoms with E-state index in [4.69, 9.17) is 10.6 Å². The van der Waals surface area contributed by atoms with Gasteiger partial charge in [-0.05, 0) is 36.2 Å². The number of nitrogens with two attached hydrogens (primary N) is 1. The molecule has 0 saturated heterocycles. The molecule has 0 aliphatic heterocycles. The molecule has 19 heavy (non-hydrogen) atoms. The molecule has 100 valence electrons. The van der Waals surface area contributed by atoms with Crippen LogP contribution >= 0.6 is 0 Å². The average molecular weight is 258 g/mol. The Balaban J connectivity index is 1.81. The number of methoxy groups -OCH3 is 1. The lowest BCUT2D eigenvalue weighted by atomic mass is 10.1. The van der Waals surface area contributed by atoms with Crippen LogP contribution in [0.4, 0.5) is 11.5 Å². The summed E-state index contributed by atoms with van der Waals surface area (Å²) in [5, 5.41) is 3.31. The van der Waals surface area contributed by atoms with E-state index in [-0.39, 0.29) is 0 Å². The molecule has 5 nitrogen and oxygen atoms in total. The van der Waals surface area contributed by atoms with Crippen LogP contribution in [-0.4, -0.2) is 18.6 Å². The van der Waals surface area contributed by atoms with Gasteiger partial charge in [-0.2, -0.15) is 0 Å². The zero-order chi connectivity index (χ0) is 13.5. The van der Waals surface area contributed by atoms with Gasteiger partial charge < -0.3 is 15.5 Å². The van der Waals surface area contributed by atoms with Crippen molar-refractivity contribution in [3.8, 4) is 5.75 Å². The molecule has 0 bridgehead atoms. The molecule has 5 heteroatoms. The van der Waals surface area contributed by atoms with Crippen LogP contribution in [0.5, 0.6) is 5.75 Å². The molecule has 0 atom stereocenters. The maximum atomic E-state index is 5.26. The number of anilines is 2. The van der Waals surface area contributed by atoms with Gasteiger partial charge in [-0.3, -0.25) is 0 Å². The van der Waals surface area contributed by atoms with E-state index < -0.39 is 0 Å². The summed E-state index contributed by atoms with van der Waals surface area (Å²) in [6.45, 7) is 0.851. The van der Waals surface area contributed by atoms with Crippen molar-refractivity contribution in [3.63, 3.8) is 0 Å². The minimum absolute atomic E-state index is 0.653. The van der Waals surface area contributed by atoms with Crippen molar-refractivity contribution in [2.24, 2.45) is 5.84 Å². The summed E-state index contributed by atoms with van der Waals surface area (Å²) in [5.74, 6) is 6.79. The second-order valence-electron chi connectivity index (χ2n) is 4.10. The summed E-state index contributed by atoms with van der Waals surface area (Å²) in [5.41, 5.74) is 4.74. The first-order valence-electron chi connectivity index (χ1n) is 6.11. The summed E-state index contributed by atoms with van der Waals surface area (Å²) in [6, 6.07) is 11.9. The monoisotopic (exact) mass is 258 g/mol. The molecule has 0 fully saturated rings. The van der Waals surface area contributed by atoms with Crippen LogP contribution in [0.1, 0.15) is 5.56 Å². The largest absolute Gasteiger partial charge is 0.497 e. The number of aromatic nitrogens is 1. The van der Waals surface area contributed by atoms with Gasteiger partial charge in [-0.15, -0.1) is 0 Å². The molecule has 0 spiro atoms. The maximum Gasteiger partial charge on any atom is 0.140 e. The van der Waals surface area contributed by atoms with Gasteiger partial charge >= 0.3 is 0 Å². The number of ether oxygens (including phenoxy) is 1. The number of rotatable bonds is 6. The first kappa shape index (κ1) is 13.2. The van der Waals surface area contributed by atoms with Gasteiger partial charge in [-0.1, -0.05) is 12.1 Å². The molecule has 2 rings (SSSR count). The van der Waals surface area contributed by atoms with Crippen molar-refractivity contribution >= 4 is 11.5 Å². The van der Waals surface area contributed by atoms with Gasteiger partial charge in [0.25, 0.3) is 0 Å². The number of hydrogen-bond donors (Lipinski definition) is 3. The zero-order valence-electron chi connectivity index (χ0n) is 10.9. The lowest BCUT2D eigenvalue weighted by Gasteiger charge is -2.07. The Morgan fingerprint density at radius 3 is 2.53 bits per heavy atom. The third kappa shape index (κ3) is 3.86. The number of pyridine rings is 1. The van der Waals surface area contributed by atoms with Gasteiger partial charge in [0.1, 0.15) is 11.6 Å². The SMILES string of the molecule is COc1ccc(CCNc2ccc(NN)nc2)cc1. The molecular weight excluding hydrogens is 240 g/mol. The first-order chi connectivity index (χ1) is 9.31. The van der Waals surface area contributed by atoms with Crippen LogP contribution in [0, 0.1) is 0 Å². The number of benzene rings is 1. The standard InChI is InChI=1S/C14H18N4O/c1-19-13-5-2-11(3-6-13)8-9-16-12-4-7-14(18-15)17-10-12/h2-7,10,16H,8-9,15H2,1H3,(H,17,18). The van der Waals surface area contributed by atoms with E-state index >= 15 is 0 Å². The van der Waals surface area contributed by atoms with Crippen LogP contribution in [0.2, 0.25) is 0 Å². The molecule has 1 aromatic heterocycles. The molecule has 4 N–H and O–H groups in total. The topological polar surface area (TPSA) is 72.2 Å². The lowest BCUT2D eigenvalue weighted by molar-refractivity contribution is 0.414. The molecule has 0 unspecified atom stereocenters. The van der Waals surface area contributed by atoms with Gasteiger partial charge in [0.2, 0.25) is 0 Å². The third-order valence-electron chi connectivity index (χ3n) is 2.81. The Morgan fingerprint density at radius 2 is 1.95 bits per heavy atom. The van der Waals surface area contributed by atoms with Crippen LogP contribution in [0.3, 0.4) is 0 Å². The van der Waals surface area contributed by atoms with Gasteiger partial charge in [-0.25, -0.2) is 10.8 Å². The van der Waals surface area contributed by atoms with E-state index in [1.54, 1.807) is 13.3 Å². The molecule has 1 aromatic carbocycles. The highest BCUT2D eigenvalue weighted by Crippen LogP contribution is 2.12. The lowest BCUT2D eigenvalue weighted by Crippen LogP contribution is -2.09. The van der Waals surface area contributed by atoms with E-state index in [0.717, 1.165) is 24.4 Å². The number of nitrogens with one attached hydrogen (secondary N) is 2. The van der Waals surface area contributed by atoms with Crippen LogP contribution in [0.15, 0.2) is 42.6 Å². The number of nitrogen functional groups attached to an aromatic ring is 1. The van der Waals surface area contributed by atoms with Crippen molar-refractivity contribution in [2.45, 2.75) is 6.42 Å². The highest BCUT2D eigenvalue weighted by Gasteiger charge is 1.96. The average Bonchev–Trinajstić information content (AvgIpc) is 2.49. The maximum absolute atomic E-state index is 5.26. The van der Waals surface area contributed by atoms with E-state index in [1.165, 1.54) is 5.56 Å². The summed E-state index contributed by atoms with van der Waals surface area (Å²) in [6.07, 6.45) is 2.70. The minimum Gasteiger partial charge on any atom is -0.497 e. The molecule has 0 amide bonds. The van der Waals surface area contributed by atoms with Crippen molar-refractivity contribution in [1.29, 1.82) is 0 Å². The van der Waals surface area contributed by atoms with Gasteiger partial charge in [0.05, 0.1) is 19.0 Å². The molecule has 0 aliphatic rings. The van der Waals surface area contributed by atoms with E-state index in [0.29, 0.717) is 5.82 Å². The van der Waals surface area contributed by atoms with E-state index in [2.05, 4.69) is 27.9 Å². The van der Waals surface area contributed by atoms with Crippen molar-refractivity contribution < 1.29 is 4.74 Å². The molecule has 0 radical (unpaired) electrons. The first-order valence-corrected chi connectivity index (χ1v) is 6.11. The van der Waals surface area contributed by atoms with Crippen LogP contribution < -0.4 is 21.3 Å². The fraction of sp³-hybridized carbons (Fsp3) is 0.214. The summed E-state index contributed by atoms with van der Waals surface area (Å²) in [7, 11) is 1.67. The number of hydrazine groups is 1. The second kappa shape index (κ2) is 6.61. The number of nitrogens with zero attached hydrogens (tertiary/aromatic N) is 1. The minimum atomic E-state index is 0.653. The smallest absolute Gasteiger partial charge is 0.140 e. The highest BCUT2D eigenvalue weighted by molar-refractivity contribution is 5.46. The van der Waals surface area contributed by atoms with E-state index in [1.807, 2.05) is 24.3 Å². The fourth-order valence-corrected chi connectivity index (χ4v) is 1.73. The van der Waals surface area contributed by atoms with E-state index in [9.17, 15) is 0 Å². The highest BCUT2D eigenvalue weighted by atomic mass is 16.5. The Labute approximate surface area is 112 Å². The fourth-order valence-electron chi connectivity index (χ4n) is 1.73. The molecular formula is C14H18N4O. The van der Waals surface area contributed by atoms with Crippen LogP contribution in [-0.2, 0) is 6.42 Å². The molecule has 0 aliphatic carbocycles. The predicted octanol–water partition coefficient (Wildman–Crippen LogP) is 2.03. The molecule has 0 saturated carbocycles. The quantitative estimate of drug-likeness (QED) is 0.546. The Hall–Kier alpha value is -2.27. The predicted molar refractivity (Wildman–Crippen MR) is 77.2 cm³/mol. The number of hydrogen-bond acceptors (Lipinski definition) is 5. The third-order valence-corrected chi connectivity index (χ3v) is 2.81. The second-order valence-corrected chi connectivity index (χ2v) is 4.10. The molecule has 2 aromatic rings. The summed E-state index contributed by atoms with van der Waals surface area (Å²) >= 11 is 0. The van der Waals surface area contributed by atoms with Crippen molar-refractivity contribution in [3.05, 3.63) is 48.2 Å². The Bertz CT molecular complexity index is 448. The zero-order valence-corrected chi connectivity index (χ0v) is 10.9. The van der Waals surface area contributed by atoms with Crippen LogP contribution in [0.25, 0.3) is 0 Å². The summed E-state index contributed by atoms with van der Waals surface area (Å²) < 4.78 is 5.12. The molecule has 1 heterocycles.